The van der Waals surface area contributed by atoms with Crippen LogP contribution in [0.5, 0.6) is 0 Å². The van der Waals surface area contributed by atoms with Crippen LogP contribution in [0.25, 0.3) is 26.9 Å². The Morgan fingerprint density at radius 1 is 1.14 bits per heavy atom. The van der Waals surface area contributed by atoms with E-state index >= 15 is 0 Å². The number of hydrogen-bond acceptors (Lipinski definition) is 6. The Morgan fingerprint density at radius 2 is 1.89 bits per heavy atom. The lowest BCUT2D eigenvalue weighted by Gasteiger charge is -2.32. The van der Waals surface area contributed by atoms with Crippen LogP contribution in [0, 0.1) is 11.8 Å². The Morgan fingerprint density at radius 3 is 2.57 bits per heavy atom. The molecule has 4 aromatic rings. The average molecular weight is 493 g/mol. The molecule has 3 aromatic heterocycles. The lowest BCUT2D eigenvalue weighted by Crippen LogP contribution is -2.43. The van der Waals surface area contributed by atoms with Gasteiger partial charge < -0.3 is 9.52 Å². The van der Waals surface area contributed by atoms with Crippen molar-refractivity contribution in [2.75, 3.05) is 4.90 Å². The van der Waals surface area contributed by atoms with Crippen LogP contribution in [-0.2, 0) is 4.79 Å². The van der Waals surface area contributed by atoms with Gasteiger partial charge >= 0.3 is 5.97 Å². The van der Waals surface area contributed by atoms with Crippen molar-refractivity contribution >= 4 is 40.1 Å². The molecule has 0 spiro atoms. The van der Waals surface area contributed by atoms with Crippen molar-refractivity contribution < 1.29 is 19.1 Å². The number of aromatic carboxylic acids is 1. The molecule has 0 atom stereocenters. The summed E-state index contributed by atoms with van der Waals surface area (Å²) in [5.74, 6) is 0.0462. The molecule has 0 saturated heterocycles. The zero-order valence-electron chi connectivity index (χ0n) is 20.0. The number of aromatic nitrogens is 3. The number of anilines is 1. The Hall–Kier alpha value is -3.46. The molecule has 0 unspecified atom stereocenters. The summed E-state index contributed by atoms with van der Waals surface area (Å²) in [6.07, 6.45) is 5.15. The third-order valence-electron chi connectivity index (χ3n) is 6.59. The van der Waals surface area contributed by atoms with Gasteiger partial charge in [-0.05, 0) is 69.7 Å². The molecule has 35 heavy (non-hydrogen) atoms. The Balaban J connectivity index is 1.48. The summed E-state index contributed by atoms with van der Waals surface area (Å²) in [5, 5.41) is 15.2. The minimum absolute atomic E-state index is 0.00744. The van der Waals surface area contributed by atoms with Crippen molar-refractivity contribution in [1.82, 2.24) is 14.8 Å². The van der Waals surface area contributed by atoms with Crippen molar-refractivity contribution in [2.45, 2.75) is 52.5 Å². The molecule has 8 nitrogen and oxygen atoms in total. The first-order chi connectivity index (χ1) is 16.8. The molecule has 5 rings (SSSR count). The Kier molecular flexibility index (Phi) is 6.19. The van der Waals surface area contributed by atoms with E-state index in [9.17, 15) is 14.7 Å². The molecule has 1 aromatic carbocycles. The van der Waals surface area contributed by atoms with Gasteiger partial charge in [0.2, 0.25) is 11.8 Å². The highest BCUT2D eigenvalue weighted by molar-refractivity contribution is 7.17. The largest absolute Gasteiger partial charge is 0.477 e. The number of hydrogen-bond donors (Lipinski definition) is 1. The summed E-state index contributed by atoms with van der Waals surface area (Å²) in [5.41, 5.74) is 1.48. The molecular formula is C26H28N4O4S. The first kappa shape index (κ1) is 23.3. The van der Waals surface area contributed by atoms with Gasteiger partial charge in [-0.25, -0.2) is 14.5 Å². The molecule has 1 amide bonds. The van der Waals surface area contributed by atoms with Gasteiger partial charge in [0.05, 0.1) is 4.88 Å². The van der Waals surface area contributed by atoms with Gasteiger partial charge in [-0.15, -0.1) is 16.4 Å². The number of carboxylic acid groups (broad SMARTS) is 1. The average Bonchev–Trinajstić information content (AvgIpc) is 3.57. The fourth-order valence-electron chi connectivity index (χ4n) is 4.66. The van der Waals surface area contributed by atoms with E-state index in [0.717, 1.165) is 36.1 Å². The smallest absolute Gasteiger partial charge is 0.341 e. The second-order valence-corrected chi connectivity index (χ2v) is 10.6. The lowest BCUT2D eigenvalue weighted by atomic mass is 9.82. The van der Waals surface area contributed by atoms with E-state index in [1.807, 2.05) is 50.2 Å². The molecule has 3 heterocycles. The molecule has 1 saturated carbocycles. The molecule has 0 bridgehead atoms. The zero-order valence-corrected chi connectivity index (χ0v) is 20.8. The normalized spacial score (nSPS) is 18.3. The maximum Gasteiger partial charge on any atom is 0.341 e. The van der Waals surface area contributed by atoms with Crippen LogP contribution in [0.15, 0.2) is 47.0 Å². The van der Waals surface area contributed by atoms with Gasteiger partial charge in [-0.1, -0.05) is 19.1 Å². The number of rotatable bonds is 6. The minimum Gasteiger partial charge on any atom is -0.477 e. The molecule has 0 radical (unpaired) electrons. The number of amides is 1. The van der Waals surface area contributed by atoms with E-state index < -0.39 is 5.97 Å². The minimum atomic E-state index is -1.11. The molecule has 0 aliphatic heterocycles. The van der Waals surface area contributed by atoms with E-state index in [0.29, 0.717) is 22.4 Å². The van der Waals surface area contributed by atoms with Gasteiger partial charge in [0.15, 0.2) is 11.4 Å². The van der Waals surface area contributed by atoms with Gasteiger partial charge in [0, 0.05) is 18.2 Å². The maximum atomic E-state index is 13.5. The first-order valence-electron chi connectivity index (χ1n) is 11.9. The molecule has 182 valence electrons. The van der Waals surface area contributed by atoms with E-state index in [1.165, 1.54) is 22.2 Å². The number of carboxylic acids is 1. The number of carbonyl (C=O) groups excluding carboxylic acids is 1. The highest BCUT2D eigenvalue weighted by Gasteiger charge is 2.34. The van der Waals surface area contributed by atoms with E-state index in [-0.39, 0.29) is 29.2 Å². The van der Waals surface area contributed by atoms with Crippen LogP contribution in [0.3, 0.4) is 0 Å². The number of thiophene rings is 1. The van der Waals surface area contributed by atoms with Crippen molar-refractivity contribution in [3.05, 3.63) is 48.2 Å². The van der Waals surface area contributed by atoms with E-state index in [2.05, 4.69) is 17.0 Å². The molecule has 1 N–H and O–H groups in total. The molecule has 1 fully saturated rings. The fraction of sp³-hybridized carbons (Fsp3) is 0.385. The topological polar surface area (TPSA) is 101 Å². The Labute approximate surface area is 207 Å². The van der Waals surface area contributed by atoms with Crippen LogP contribution in [-0.4, -0.2) is 37.8 Å². The summed E-state index contributed by atoms with van der Waals surface area (Å²) < 4.78 is 7.40. The number of nitrogens with zero attached hydrogens (tertiary/aromatic N) is 4. The molecular weight excluding hydrogens is 464 g/mol. The van der Waals surface area contributed by atoms with Crippen LogP contribution in [0.1, 0.15) is 56.8 Å². The van der Waals surface area contributed by atoms with Gasteiger partial charge in [-0.2, -0.15) is 0 Å². The zero-order chi connectivity index (χ0) is 24.7. The standard InChI is InChI=1S/C26H28N4O4S/c1-15(2)30(25(31)17-10-8-16(3)9-11-17)23-18(26(32)33)14-29(28-23)22-13-12-21(35-22)24-27-19-6-4-5-7-20(19)34-24/h4-7,12-17H,8-11H2,1-3H3,(H,32,33). The quantitative estimate of drug-likeness (QED) is 0.354. The highest BCUT2D eigenvalue weighted by atomic mass is 32.1. The number of carbonyl (C=O) groups is 2. The van der Waals surface area contributed by atoms with Crippen molar-refractivity contribution in [3.63, 3.8) is 0 Å². The molecule has 1 aliphatic carbocycles. The monoisotopic (exact) mass is 492 g/mol. The van der Waals surface area contributed by atoms with E-state index in [4.69, 9.17) is 4.42 Å². The maximum absolute atomic E-state index is 13.5. The van der Waals surface area contributed by atoms with Crippen LogP contribution in [0.4, 0.5) is 5.82 Å². The number of para-hydroxylation sites is 2. The van der Waals surface area contributed by atoms with Gasteiger partial charge in [0.25, 0.3) is 0 Å². The number of fused-ring (bicyclic) bond motifs is 1. The summed E-state index contributed by atoms with van der Waals surface area (Å²) in [4.78, 5) is 32.6. The van der Waals surface area contributed by atoms with Crippen molar-refractivity contribution in [3.8, 4) is 15.8 Å². The second kappa shape index (κ2) is 9.30. The Bertz CT molecular complexity index is 1340. The lowest BCUT2D eigenvalue weighted by molar-refractivity contribution is -0.123. The first-order valence-corrected chi connectivity index (χ1v) is 12.8. The fourth-order valence-corrected chi connectivity index (χ4v) is 5.52. The third kappa shape index (κ3) is 4.48. The third-order valence-corrected chi connectivity index (χ3v) is 7.66. The van der Waals surface area contributed by atoms with Crippen LogP contribution in [0.2, 0.25) is 0 Å². The predicted octanol–water partition coefficient (Wildman–Crippen LogP) is 6.01. The van der Waals surface area contributed by atoms with Gasteiger partial charge in [0.1, 0.15) is 16.1 Å². The summed E-state index contributed by atoms with van der Waals surface area (Å²) in [6.45, 7) is 6.00. The number of oxazole rings is 1. The van der Waals surface area contributed by atoms with Crippen LogP contribution < -0.4 is 4.90 Å². The summed E-state index contributed by atoms with van der Waals surface area (Å²) >= 11 is 1.39. The summed E-state index contributed by atoms with van der Waals surface area (Å²) in [7, 11) is 0. The van der Waals surface area contributed by atoms with E-state index in [1.54, 1.807) is 4.90 Å². The van der Waals surface area contributed by atoms with Crippen molar-refractivity contribution in [2.24, 2.45) is 11.8 Å². The van der Waals surface area contributed by atoms with Gasteiger partial charge in [-0.3, -0.25) is 9.69 Å². The SMILES string of the molecule is CC1CCC(C(=O)N(c2nn(-c3ccc(-c4nc5ccccc5o4)s3)cc2C(=O)O)C(C)C)CC1. The highest BCUT2D eigenvalue weighted by Crippen LogP contribution is 2.35. The second-order valence-electron chi connectivity index (χ2n) is 9.50. The number of benzene rings is 1. The predicted molar refractivity (Wildman–Crippen MR) is 135 cm³/mol. The summed E-state index contributed by atoms with van der Waals surface area (Å²) in [6, 6.07) is 11.1. The molecule has 9 heteroatoms. The molecule has 1 aliphatic rings. The van der Waals surface area contributed by atoms with Crippen LogP contribution >= 0.6 is 11.3 Å². The van der Waals surface area contributed by atoms with Crippen molar-refractivity contribution in [1.29, 1.82) is 0 Å².